The minimum Gasteiger partial charge on any atom is -0.481 e. The third kappa shape index (κ3) is 4.22. The van der Waals surface area contributed by atoms with Gasteiger partial charge in [-0.05, 0) is 36.6 Å². The van der Waals surface area contributed by atoms with Gasteiger partial charge in [0.15, 0.2) is 5.82 Å². The molecule has 0 radical (unpaired) electrons. The van der Waals surface area contributed by atoms with Crippen LogP contribution in [0, 0.1) is 0 Å². The van der Waals surface area contributed by atoms with E-state index in [1.165, 1.54) is 18.0 Å². The summed E-state index contributed by atoms with van der Waals surface area (Å²) in [4.78, 5) is 34.0. The highest BCUT2D eigenvalue weighted by molar-refractivity contribution is 5.94. The van der Waals surface area contributed by atoms with E-state index < -0.39 is 0 Å². The highest BCUT2D eigenvalue weighted by Crippen LogP contribution is 2.30. The Bertz CT molecular complexity index is 1110. The zero-order chi connectivity index (χ0) is 21.8. The molecule has 0 unspecified atom stereocenters. The first-order chi connectivity index (χ1) is 15.0. The SMILES string of the molecule is COCC1(NC(=O)c2ccc(-n3[nH]cc(-c4ccnc(OC)c4)c3=O)nc2)CCCC1. The van der Waals surface area contributed by atoms with Crippen LogP contribution in [0.4, 0.5) is 0 Å². The first-order valence-electron chi connectivity index (χ1n) is 10.1. The molecular weight excluding hydrogens is 398 g/mol. The van der Waals surface area contributed by atoms with Crippen molar-refractivity contribution in [1.82, 2.24) is 25.1 Å². The van der Waals surface area contributed by atoms with E-state index in [0.717, 1.165) is 25.7 Å². The number of H-pyrrole nitrogens is 1. The number of nitrogens with zero attached hydrogens (tertiary/aromatic N) is 3. The van der Waals surface area contributed by atoms with E-state index in [1.54, 1.807) is 43.8 Å². The van der Waals surface area contributed by atoms with E-state index in [2.05, 4.69) is 20.4 Å². The molecule has 2 N–H and O–H groups in total. The van der Waals surface area contributed by atoms with Gasteiger partial charge in [0.25, 0.3) is 11.5 Å². The van der Waals surface area contributed by atoms with Gasteiger partial charge in [-0.25, -0.2) is 14.6 Å². The molecule has 3 aromatic heterocycles. The number of nitrogens with one attached hydrogen (secondary N) is 2. The number of methoxy groups -OCH3 is 2. The molecule has 3 heterocycles. The van der Waals surface area contributed by atoms with Gasteiger partial charge in [0.05, 0.1) is 30.4 Å². The second-order valence-corrected chi connectivity index (χ2v) is 7.69. The van der Waals surface area contributed by atoms with E-state index in [4.69, 9.17) is 9.47 Å². The maximum atomic E-state index is 12.9. The Labute approximate surface area is 179 Å². The van der Waals surface area contributed by atoms with Crippen molar-refractivity contribution < 1.29 is 14.3 Å². The van der Waals surface area contributed by atoms with Crippen molar-refractivity contribution in [2.24, 2.45) is 0 Å². The molecule has 1 fully saturated rings. The maximum Gasteiger partial charge on any atom is 0.280 e. The molecule has 162 valence electrons. The number of hydrogen-bond donors (Lipinski definition) is 2. The largest absolute Gasteiger partial charge is 0.481 e. The van der Waals surface area contributed by atoms with Crippen LogP contribution in [0.1, 0.15) is 36.0 Å². The Kier molecular flexibility index (Phi) is 5.85. The molecule has 9 heteroatoms. The molecule has 1 aliphatic rings. The molecule has 0 saturated heterocycles. The quantitative estimate of drug-likeness (QED) is 0.603. The molecule has 3 aromatic rings. The van der Waals surface area contributed by atoms with Gasteiger partial charge in [-0.15, -0.1) is 0 Å². The summed E-state index contributed by atoms with van der Waals surface area (Å²) in [7, 11) is 3.17. The summed E-state index contributed by atoms with van der Waals surface area (Å²) in [6, 6.07) is 6.72. The Morgan fingerprint density at radius 1 is 1.23 bits per heavy atom. The zero-order valence-electron chi connectivity index (χ0n) is 17.6. The fraction of sp³-hybridized carbons (Fsp3) is 0.364. The van der Waals surface area contributed by atoms with Crippen molar-refractivity contribution in [2.75, 3.05) is 20.8 Å². The van der Waals surface area contributed by atoms with Crippen molar-refractivity contribution in [3.8, 4) is 22.8 Å². The van der Waals surface area contributed by atoms with E-state index in [-0.39, 0.29) is 17.0 Å². The molecule has 0 bridgehead atoms. The Hall–Kier alpha value is -3.46. The van der Waals surface area contributed by atoms with Gasteiger partial charge in [-0.1, -0.05) is 12.8 Å². The molecule has 1 saturated carbocycles. The third-order valence-electron chi connectivity index (χ3n) is 5.63. The Morgan fingerprint density at radius 2 is 2.03 bits per heavy atom. The lowest BCUT2D eigenvalue weighted by molar-refractivity contribution is 0.0767. The van der Waals surface area contributed by atoms with Gasteiger partial charge >= 0.3 is 0 Å². The monoisotopic (exact) mass is 423 g/mol. The van der Waals surface area contributed by atoms with Crippen molar-refractivity contribution in [3.05, 3.63) is 58.8 Å². The summed E-state index contributed by atoms with van der Waals surface area (Å²) >= 11 is 0. The summed E-state index contributed by atoms with van der Waals surface area (Å²) < 4.78 is 11.8. The van der Waals surface area contributed by atoms with E-state index in [1.807, 2.05) is 0 Å². The number of aromatic amines is 1. The van der Waals surface area contributed by atoms with Crippen LogP contribution in [-0.2, 0) is 4.74 Å². The lowest BCUT2D eigenvalue weighted by atomic mass is 9.98. The summed E-state index contributed by atoms with van der Waals surface area (Å²) in [6.07, 6.45) is 8.61. The second kappa shape index (κ2) is 8.73. The van der Waals surface area contributed by atoms with Crippen molar-refractivity contribution in [3.63, 3.8) is 0 Å². The van der Waals surface area contributed by atoms with Crippen molar-refractivity contribution in [2.45, 2.75) is 31.2 Å². The van der Waals surface area contributed by atoms with Crippen LogP contribution in [0.5, 0.6) is 5.88 Å². The average Bonchev–Trinajstić information content (AvgIpc) is 3.41. The molecule has 31 heavy (non-hydrogen) atoms. The highest BCUT2D eigenvalue weighted by atomic mass is 16.5. The summed E-state index contributed by atoms with van der Waals surface area (Å²) in [5.74, 6) is 0.620. The van der Waals surface area contributed by atoms with Gasteiger partial charge < -0.3 is 14.8 Å². The van der Waals surface area contributed by atoms with E-state index >= 15 is 0 Å². The summed E-state index contributed by atoms with van der Waals surface area (Å²) in [6.45, 7) is 0.491. The summed E-state index contributed by atoms with van der Waals surface area (Å²) in [5, 5.41) is 6.04. The normalized spacial score (nSPS) is 15.0. The minimum absolute atomic E-state index is 0.193. The fourth-order valence-corrected chi connectivity index (χ4v) is 4.03. The molecule has 4 rings (SSSR count). The number of carbonyl (C=O) groups is 1. The topological polar surface area (TPSA) is 111 Å². The molecule has 0 spiro atoms. The summed E-state index contributed by atoms with van der Waals surface area (Å²) in [5.41, 5.74) is 1.00. The standard InChI is InChI=1S/C22H25N5O4/c1-30-14-22(8-3-4-9-22)26-20(28)16-5-6-18(24-12-16)27-21(29)17(13-25-27)15-7-10-23-19(11-15)31-2/h5-7,10-13,25H,3-4,8-9,14H2,1-2H3,(H,26,28). The van der Waals surface area contributed by atoms with Gasteiger partial charge in [0.2, 0.25) is 5.88 Å². The lowest BCUT2D eigenvalue weighted by Gasteiger charge is -2.29. The molecule has 9 nitrogen and oxygen atoms in total. The first kappa shape index (κ1) is 20.8. The van der Waals surface area contributed by atoms with Crippen LogP contribution in [-0.4, -0.2) is 52.0 Å². The van der Waals surface area contributed by atoms with Crippen molar-refractivity contribution in [1.29, 1.82) is 0 Å². The number of rotatable bonds is 7. The van der Waals surface area contributed by atoms with Gasteiger partial charge in [0, 0.05) is 31.8 Å². The second-order valence-electron chi connectivity index (χ2n) is 7.69. The molecular formula is C22H25N5O4. The number of pyridine rings is 2. The zero-order valence-corrected chi connectivity index (χ0v) is 17.6. The maximum absolute atomic E-state index is 12.9. The Balaban J connectivity index is 1.54. The molecule has 0 aliphatic heterocycles. The van der Waals surface area contributed by atoms with E-state index in [9.17, 15) is 9.59 Å². The third-order valence-corrected chi connectivity index (χ3v) is 5.63. The molecule has 1 aliphatic carbocycles. The lowest BCUT2D eigenvalue weighted by Crippen LogP contribution is -2.49. The number of carbonyl (C=O) groups excluding carboxylic acids is 1. The number of amides is 1. The fourth-order valence-electron chi connectivity index (χ4n) is 4.03. The van der Waals surface area contributed by atoms with Crippen molar-refractivity contribution >= 4 is 5.91 Å². The van der Waals surface area contributed by atoms with E-state index in [0.29, 0.717) is 35.0 Å². The van der Waals surface area contributed by atoms with Gasteiger partial charge in [0.1, 0.15) is 0 Å². The number of aromatic nitrogens is 4. The van der Waals surface area contributed by atoms with Crippen LogP contribution in [0.2, 0.25) is 0 Å². The molecule has 1 amide bonds. The molecule has 0 atom stereocenters. The predicted molar refractivity (Wildman–Crippen MR) is 115 cm³/mol. The average molecular weight is 423 g/mol. The van der Waals surface area contributed by atoms with Crippen LogP contribution in [0.3, 0.4) is 0 Å². The van der Waals surface area contributed by atoms with Gasteiger partial charge in [-0.3, -0.25) is 14.7 Å². The van der Waals surface area contributed by atoms with Crippen LogP contribution >= 0.6 is 0 Å². The molecule has 0 aromatic carbocycles. The predicted octanol–water partition coefficient (Wildman–Crippen LogP) is 2.32. The smallest absolute Gasteiger partial charge is 0.280 e. The first-order valence-corrected chi connectivity index (χ1v) is 10.1. The Morgan fingerprint density at radius 3 is 2.71 bits per heavy atom. The minimum atomic E-state index is -0.318. The number of ether oxygens (including phenoxy) is 2. The van der Waals surface area contributed by atoms with Crippen LogP contribution in [0.15, 0.2) is 47.7 Å². The number of hydrogen-bond acceptors (Lipinski definition) is 6. The van der Waals surface area contributed by atoms with Gasteiger partial charge in [-0.2, -0.15) is 0 Å². The van der Waals surface area contributed by atoms with Crippen LogP contribution < -0.4 is 15.6 Å². The highest BCUT2D eigenvalue weighted by Gasteiger charge is 2.35. The van der Waals surface area contributed by atoms with Crippen LogP contribution in [0.25, 0.3) is 16.9 Å².